The Hall–Kier alpha value is -2.78. The van der Waals surface area contributed by atoms with Crippen LogP contribution in [0.25, 0.3) is 0 Å². The van der Waals surface area contributed by atoms with Crippen LogP contribution >= 0.6 is 34.8 Å². The average Bonchev–Trinajstić information content (AvgIpc) is 2.90. The number of nitrogens with one attached hydrogen (secondary N) is 1. The molecule has 0 saturated carbocycles. The molecule has 7 nitrogen and oxygen atoms in total. The highest BCUT2D eigenvalue weighted by Crippen LogP contribution is 2.35. The summed E-state index contributed by atoms with van der Waals surface area (Å²) >= 11 is 19.0. The minimum Gasteiger partial charge on any atom is -0.357 e. The Bertz CT molecular complexity index is 1370. The molecule has 0 saturated heterocycles. The number of likely N-dealkylation sites (N-methyl/N-ethyl adjacent to an activating group) is 1. The number of amides is 2. The van der Waals surface area contributed by atoms with Gasteiger partial charge in [-0.05, 0) is 42.3 Å². The van der Waals surface area contributed by atoms with E-state index in [2.05, 4.69) is 5.32 Å². The van der Waals surface area contributed by atoms with Crippen LogP contribution in [-0.2, 0) is 26.2 Å². The lowest BCUT2D eigenvalue weighted by atomic mass is 10.1. The molecule has 0 spiro atoms. The van der Waals surface area contributed by atoms with E-state index in [0.29, 0.717) is 17.0 Å². The van der Waals surface area contributed by atoms with E-state index in [0.717, 1.165) is 4.31 Å². The molecule has 1 N–H and O–H groups in total. The van der Waals surface area contributed by atoms with Gasteiger partial charge in [0.2, 0.25) is 11.8 Å². The number of halogens is 3. The SMILES string of the molecule is CC[C@H](C(=O)NC)N(Cc1ccccc1Cl)C(=O)CN(c1cccc(Cl)c1Cl)S(=O)(=O)c1ccccc1. The van der Waals surface area contributed by atoms with Crippen molar-refractivity contribution in [2.45, 2.75) is 30.8 Å². The third-order valence-electron chi connectivity index (χ3n) is 5.74. The van der Waals surface area contributed by atoms with Gasteiger partial charge in [0.25, 0.3) is 10.0 Å². The molecule has 0 unspecified atom stereocenters. The van der Waals surface area contributed by atoms with Crippen LogP contribution in [0.15, 0.2) is 77.7 Å². The van der Waals surface area contributed by atoms with Crippen molar-refractivity contribution >= 4 is 62.3 Å². The topological polar surface area (TPSA) is 86.8 Å². The van der Waals surface area contributed by atoms with E-state index in [1.807, 2.05) is 0 Å². The number of carbonyl (C=O) groups excluding carboxylic acids is 2. The first-order chi connectivity index (χ1) is 17.6. The Balaban J connectivity index is 2.11. The molecule has 3 rings (SSSR count). The average molecular weight is 583 g/mol. The summed E-state index contributed by atoms with van der Waals surface area (Å²) in [4.78, 5) is 27.9. The zero-order valence-electron chi connectivity index (χ0n) is 20.2. The molecule has 2 amide bonds. The van der Waals surface area contributed by atoms with Crippen molar-refractivity contribution in [3.8, 4) is 0 Å². The minimum absolute atomic E-state index is 0.00701. The summed E-state index contributed by atoms with van der Waals surface area (Å²) in [5, 5.41) is 3.10. The molecule has 37 heavy (non-hydrogen) atoms. The summed E-state index contributed by atoms with van der Waals surface area (Å²) in [6.45, 7) is 1.13. The molecular formula is C26H26Cl3N3O4S. The molecule has 11 heteroatoms. The lowest BCUT2D eigenvalue weighted by Crippen LogP contribution is -2.51. The number of carbonyl (C=O) groups is 2. The van der Waals surface area contributed by atoms with Gasteiger partial charge in [-0.2, -0.15) is 0 Å². The van der Waals surface area contributed by atoms with Gasteiger partial charge >= 0.3 is 0 Å². The van der Waals surface area contributed by atoms with E-state index >= 15 is 0 Å². The second-order valence-corrected chi connectivity index (χ2v) is 11.1. The Morgan fingerprint density at radius 2 is 1.51 bits per heavy atom. The van der Waals surface area contributed by atoms with Crippen molar-refractivity contribution in [2.75, 3.05) is 17.9 Å². The minimum atomic E-state index is -4.25. The highest BCUT2D eigenvalue weighted by atomic mass is 35.5. The smallest absolute Gasteiger partial charge is 0.264 e. The first kappa shape index (κ1) is 28.8. The van der Waals surface area contributed by atoms with Crippen LogP contribution < -0.4 is 9.62 Å². The van der Waals surface area contributed by atoms with Gasteiger partial charge in [-0.1, -0.05) is 84.2 Å². The number of hydrogen-bond donors (Lipinski definition) is 1. The molecule has 0 radical (unpaired) electrons. The molecular weight excluding hydrogens is 557 g/mol. The first-order valence-corrected chi connectivity index (χ1v) is 14.0. The summed E-state index contributed by atoms with van der Waals surface area (Å²) in [6, 6.07) is 18.3. The molecule has 0 bridgehead atoms. The summed E-state index contributed by atoms with van der Waals surface area (Å²) in [7, 11) is -2.77. The summed E-state index contributed by atoms with van der Waals surface area (Å²) in [5.41, 5.74) is 0.648. The van der Waals surface area contributed by atoms with E-state index in [9.17, 15) is 18.0 Å². The van der Waals surface area contributed by atoms with Gasteiger partial charge in [0.1, 0.15) is 12.6 Å². The third kappa shape index (κ3) is 6.57. The van der Waals surface area contributed by atoms with Crippen molar-refractivity contribution in [3.05, 3.63) is 93.4 Å². The second kappa shape index (κ2) is 12.6. The van der Waals surface area contributed by atoms with Gasteiger partial charge in [0.15, 0.2) is 0 Å². The van der Waals surface area contributed by atoms with Crippen molar-refractivity contribution in [3.63, 3.8) is 0 Å². The van der Waals surface area contributed by atoms with Gasteiger partial charge < -0.3 is 10.2 Å². The van der Waals surface area contributed by atoms with Crippen LogP contribution in [0.2, 0.25) is 15.1 Å². The van der Waals surface area contributed by atoms with Gasteiger partial charge in [-0.25, -0.2) is 8.42 Å². The Labute approximate surface area is 232 Å². The highest BCUT2D eigenvalue weighted by Gasteiger charge is 2.34. The number of anilines is 1. The van der Waals surface area contributed by atoms with Crippen LogP contribution in [0.3, 0.4) is 0 Å². The van der Waals surface area contributed by atoms with Crippen LogP contribution in [0.1, 0.15) is 18.9 Å². The Kier molecular flexibility index (Phi) is 9.84. The summed E-state index contributed by atoms with van der Waals surface area (Å²) < 4.78 is 28.4. The second-order valence-electron chi connectivity index (χ2n) is 8.05. The summed E-state index contributed by atoms with van der Waals surface area (Å²) in [5.74, 6) is -1.01. The fourth-order valence-corrected chi connectivity index (χ4v) is 5.90. The fourth-order valence-electron chi connectivity index (χ4n) is 3.81. The molecule has 3 aromatic rings. The molecule has 0 aliphatic carbocycles. The van der Waals surface area contributed by atoms with Crippen LogP contribution in [0, 0.1) is 0 Å². The van der Waals surface area contributed by atoms with Crippen molar-refractivity contribution in [1.29, 1.82) is 0 Å². The Morgan fingerprint density at radius 3 is 2.14 bits per heavy atom. The maximum Gasteiger partial charge on any atom is 0.264 e. The maximum atomic E-state index is 13.9. The molecule has 1 atom stereocenters. The van der Waals surface area contributed by atoms with Gasteiger partial charge in [-0.15, -0.1) is 0 Å². The quantitative estimate of drug-likeness (QED) is 0.347. The zero-order valence-corrected chi connectivity index (χ0v) is 23.3. The van der Waals surface area contributed by atoms with Crippen LogP contribution in [-0.4, -0.2) is 44.8 Å². The fraction of sp³-hybridized carbons (Fsp3) is 0.231. The van der Waals surface area contributed by atoms with Crippen molar-refractivity contribution in [2.24, 2.45) is 0 Å². The predicted octanol–water partition coefficient (Wildman–Crippen LogP) is 5.40. The first-order valence-electron chi connectivity index (χ1n) is 11.4. The molecule has 196 valence electrons. The van der Waals surface area contributed by atoms with E-state index in [1.54, 1.807) is 55.5 Å². The summed E-state index contributed by atoms with van der Waals surface area (Å²) in [6.07, 6.45) is 0.291. The zero-order chi connectivity index (χ0) is 27.2. The normalized spacial score (nSPS) is 12.0. The van der Waals surface area contributed by atoms with Crippen LogP contribution in [0.4, 0.5) is 5.69 Å². The van der Waals surface area contributed by atoms with Gasteiger partial charge in [0, 0.05) is 18.6 Å². The van der Waals surface area contributed by atoms with Crippen molar-refractivity contribution < 1.29 is 18.0 Å². The highest BCUT2D eigenvalue weighted by molar-refractivity contribution is 7.92. The van der Waals surface area contributed by atoms with E-state index in [1.165, 1.54) is 36.2 Å². The molecule has 0 heterocycles. The van der Waals surface area contributed by atoms with Gasteiger partial charge in [0.05, 0.1) is 20.6 Å². The predicted molar refractivity (Wildman–Crippen MR) is 148 cm³/mol. The number of hydrogen-bond acceptors (Lipinski definition) is 4. The molecule has 0 aliphatic rings. The number of nitrogens with zero attached hydrogens (tertiary/aromatic N) is 2. The lowest BCUT2D eigenvalue weighted by Gasteiger charge is -2.33. The Morgan fingerprint density at radius 1 is 0.892 bits per heavy atom. The lowest BCUT2D eigenvalue weighted by molar-refractivity contribution is -0.140. The molecule has 3 aromatic carbocycles. The van der Waals surface area contributed by atoms with Crippen molar-refractivity contribution in [1.82, 2.24) is 10.2 Å². The molecule has 0 aromatic heterocycles. The molecule has 0 aliphatic heterocycles. The number of benzene rings is 3. The van der Waals surface area contributed by atoms with E-state index in [4.69, 9.17) is 34.8 Å². The number of sulfonamides is 1. The van der Waals surface area contributed by atoms with E-state index in [-0.39, 0.29) is 33.1 Å². The van der Waals surface area contributed by atoms with Crippen LogP contribution in [0.5, 0.6) is 0 Å². The maximum absolute atomic E-state index is 13.9. The number of rotatable bonds is 10. The van der Waals surface area contributed by atoms with Gasteiger partial charge in [-0.3, -0.25) is 13.9 Å². The standard InChI is InChI=1S/C26H26Cl3N3O4S/c1-3-22(26(34)30-2)31(16-18-10-7-8-13-20(18)27)24(33)17-32(23-15-9-14-21(28)25(23)29)37(35,36)19-11-5-4-6-12-19/h4-15,22H,3,16-17H2,1-2H3,(H,30,34)/t22-/m1/s1. The molecule has 0 fully saturated rings. The monoisotopic (exact) mass is 581 g/mol. The third-order valence-corrected chi connectivity index (χ3v) is 8.69. The largest absolute Gasteiger partial charge is 0.357 e. The van der Waals surface area contributed by atoms with E-state index < -0.39 is 28.5 Å².